The molecule has 4 heteroatoms. The minimum Gasteiger partial charge on any atom is -0.354 e. The van der Waals surface area contributed by atoms with Crippen LogP contribution in [-0.2, 0) is 6.42 Å². The number of hydrogen-bond donors (Lipinski definition) is 1. The maximum absolute atomic E-state index is 9.28. The third-order valence-corrected chi connectivity index (χ3v) is 5.20. The van der Waals surface area contributed by atoms with Crippen LogP contribution in [0, 0.1) is 22.7 Å². The highest BCUT2D eigenvalue weighted by molar-refractivity contribution is 7.99. The molecule has 2 aromatic carbocycles. The number of nitrogens with zero attached hydrogens (tertiary/aromatic N) is 2. The lowest BCUT2D eigenvalue weighted by Crippen LogP contribution is -1.98. The highest BCUT2D eigenvalue weighted by Gasteiger charge is 2.13. The van der Waals surface area contributed by atoms with Gasteiger partial charge in [-0.25, -0.2) is 0 Å². The van der Waals surface area contributed by atoms with Gasteiger partial charge >= 0.3 is 0 Å². The Morgan fingerprint density at radius 3 is 2.62 bits per heavy atom. The molecule has 24 heavy (non-hydrogen) atoms. The van der Waals surface area contributed by atoms with Crippen LogP contribution in [-0.4, -0.2) is 5.75 Å². The first-order chi connectivity index (χ1) is 11.8. The number of fused-ring (bicyclic) bond motifs is 1. The van der Waals surface area contributed by atoms with Crippen LogP contribution in [0.25, 0.3) is 0 Å². The summed E-state index contributed by atoms with van der Waals surface area (Å²) in [6.45, 7) is 0. The molecule has 1 heterocycles. The van der Waals surface area contributed by atoms with Crippen molar-refractivity contribution >= 4 is 23.1 Å². The van der Waals surface area contributed by atoms with Crippen LogP contribution in [0.5, 0.6) is 0 Å². The molecular formula is C20H17N3S. The third-order valence-electron chi connectivity index (χ3n) is 3.97. The van der Waals surface area contributed by atoms with Gasteiger partial charge in [-0.05, 0) is 43.0 Å². The molecule has 0 spiro atoms. The first kappa shape index (κ1) is 16.2. The summed E-state index contributed by atoms with van der Waals surface area (Å²) in [5.74, 6) is 0.683. The zero-order valence-corrected chi connectivity index (χ0v) is 14.1. The lowest BCUT2D eigenvalue weighted by molar-refractivity contribution is 0.830. The van der Waals surface area contributed by atoms with Crippen molar-refractivity contribution in [3.63, 3.8) is 0 Å². The van der Waals surface area contributed by atoms with E-state index in [1.54, 1.807) is 11.8 Å². The molecule has 0 amide bonds. The van der Waals surface area contributed by atoms with E-state index >= 15 is 0 Å². The third kappa shape index (κ3) is 3.62. The molecule has 0 unspecified atom stereocenters. The minimum atomic E-state index is 0.626. The Morgan fingerprint density at radius 2 is 1.79 bits per heavy atom. The Morgan fingerprint density at radius 1 is 0.958 bits per heavy atom. The number of hydrogen-bond acceptors (Lipinski definition) is 4. The summed E-state index contributed by atoms with van der Waals surface area (Å²) < 4.78 is 0. The van der Waals surface area contributed by atoms with Crippen molar-refractivity contribution in [2.24, 2.45) is 0 Å². The van der Waals surface area contributed by atoms with E-state index < -0.39 is 0 Å². The van der Waals surface area contributed by atoms with Crippen LogP contribution in [0.2, 0.25) is 0 Å². The molecule has 0 bridgehead atoms. The zero-order chi connectivity index (χ0) is 16.8. The van der Waals surface area contributed by atoms with E-state index in [1.807, 2.05) is 36.4 Å². The van der Waals surface area contributed by atoms with E-state index in [-0.39, 0.29) is 0 Å². The molecule has 0 radical (unpaired) electrons. The fourth-order valence-corrected chi connectivity index (χ4v) is 3.85. The van der Waals surface area contributed by atoms with Crippen molar-refractivity contribution in [2.75, 3.05) is 11.1 Å². The van der Waals surface area contributed by atoms with Crippen molar-refractivity contribution in [3.05, 3.63) is 65.2 Å². The van der Waals surface area contributed by atoms with Crippen molar-refractivity contribution in [2.45, 2.75) is 24.2 Å². The molecule has 0 aromatic heterocycles. The molecule has 1 aliphatic rings. The standard InChI is InChI=1S/C20H17N3S/c21-12-15-6-1-2-7-16-9-5-11-19(20(16)24-14-15)23-18-10-4-3-8-17(18)13-22/h3-6,8-11,23H,1-2,7,14H2/b15-6-. The first-order valence-corrected chi connectivity index (χ1v) is 8.90. The van der Waals surface area contributed by atoms with Crippen LogP contribution in [0.4, 0.5) is 11.4 Å². The van der Waals surface area contributed by atoms with Crippen LogP contribution in [0.15, 0.2) is 59.0 Å². The largest absolute Gasteiger partial charge is 0.354 e. The van der Waals surface area contributed by atoms with Gasteiger partial charge in [0.05, 0.1) is 23.0 Å². The molecule has 2 aromatic rings. The van der Waals surface area contributed by atoms with Crippen LogP contribution < -0.4 is 5.32 Å². The van der Waals surface area contributed by atoms with Crippen molar-refractivity contribution in [1.29, 1.82) is 10.5 Å². The predicted octanol–water partition coefficient (Wildman–Crippen LogP) is 5.18. The van der Waals surface area contributed by atoms with Crippen molar-refractivity contribution < 1.29 is 0 Å². The van der Waals surface area contributed by atoms with E-state index in [1.165, 1.54) is 10.5 Å². The number of nitrogens with one attached hydrogen (secondary N) is 1. The van der Waals surface area contributed by atoms with Gasteiger partial charge in [0.15, 0.2) is 0 Å². The monoisotopic (exact) mass is 331 g/mol. The summed E-state index contributed by atoms with van der Waals surface area (Å²) in [7, 11) is 0. The van der Waals surface area contributed by atoms with Crippen LogP contribution in [0.1, 0.15) is 24.0 Å². The molecule has 0 aliphatic carbocycles. The molecule has 3 rings (SSSR count). The lowest BCUT2D eigenvalue weighted by atomic mass is 10.1. The topological polar surface area (TPSA) is 59.6 Å². The predicted molar refractivity (Wildman–Crippen MR) is 98.2 cm³/mol. The quantitative estimate of drug-likeness (QED) is 0.823. The molecule has 1 aliphatic heterocycles. The second-order valence-corrected chi connectivity index (χ2v) is 6.58. The minimum absolute atomic E-state index is 0.626. The Kier molecular flexibility index (Phi) is 5.21. The Bertz CT molecular complexity index is 856. The number of benzene rings is 2. The van der Waals surface area contributed by atoms with Crippen molar-refractivity contribution in [1.82, 2.24) is 0 Å². The Hall–Kier alpha value is -2.69. The molecule has 0 saturated heterocycles. The van der Waals surface area contributed by atoms with Crippen LogP contribution >= 0.6 is 11.8 Å². The van der Waals surface area contributed by atoms with Gasteiger partial charge < -0.3 is 5.32 Å². The first-order valence-electron chi connectivity index (χ1n) is 7.92. The van der Waals surface area contributed by atoms with E-state index in [4.69, 9.17) is 0 Å². The number of thioether (sulfide) groups is 1. The SMILES string of the molecule is N#C/C1=C/CCCc2cccc(Nc3ccccc3C#N)c2SC1. The fourth-order valence-electron chi connectivity index (χ4n) is 2.74. The number of aryl methyl sites for hydroxylation is 1. The maximum Gasteiger partial charge on any atom is 0.101 e. The Labute approximate surface area is 146 Å². The summed E-state index contributed by atoms with van der Waals surface area (Å²) in [6, 6.07) is 18.3. The smallest absolute Gasteiger partial charge is 0.101 e. The summed E-state index contributed by atoms with van der Waals surface area (Å²) >= 11 is 1.69. The Balaban J connectivity index is 1.96. The molecule has 3 nitrogen and oxygen atoms in total. The second kappa shape index (κ2) is 7.73. The number of nitriles is 2. The van der Waals surface area contributed by atoms with Gasteiger partial charge in [-0.3, -0.25) is 0 Å². The molecular weight excluding hydrogens is 314 g/mol. The number of anilines is 2. The van der Waals surface area contributed by atoms with E-state index in [2.05, 4.69) is 29.6 Å². The van der Waals surface area contributed by atoms with Gasteiger partial charge in [0, 0.05) is 16.2 Å². The number of para-hydroxylation sites is 1. The van der Waals surface area contributed by atoms with Gasteiger partial charge in [0.2, 0.25) is 0 Å². The molecule has 0 saturated carbocycles. The maximum atomic E-state index is 9.28. The van der Waals surface area contributed by atoms with E-state index in [0.29, 0.717) is 11.3 Å². The highest BCUT2D eigenvalue weighted by atomic mass is 32.2. The van der Waals surface area contributed by atoms with Gasteiger partial charge in [0.1, 0.15) is 6.07 Å². The molecule has 0 fully saturated rings. The summed E-state index contributed by atoms with van der Waals surface area (Å²) in [4.78, 5) is 1.17. The average Bonchev–Trinajstić information content (AvgIpc) is 2.73. The fraction of sp³-hybridized carbons (Fsp3) is 0.200. The zero-order valence-electron chi connectivity index (χ0n) is 13.2. The lowest BCUT2D eigenvalue weighted by Gasteiger charge is -2.16. The van der Waals surface area contributed by atoms with Gasteiger partial charge in [0.25, 0.3) is 0 Å². The van der Waals surface area contributed by atoms with Crippen LogP contribution in [0.3, 0.4) is 0 Å². The van der Waals surface area contributed by atoms with E-state index in [0.717, 1.165) is 36.2 Å². The summed E-state index contributed by atoms with van der Waals surface area (Å²) in [5.41, 5.74) is 4.57. The molecule has 118 valence electrons. The summed E-state index contributed by atoms with van der Waals surface area (Å²) in [5, 5.41) is 21.9. The number of rotatable bonds is 2. The summed E-state index contributed by atoms with van der Waals surface area (Å²) in [6.07, 6.45) is 5.03. The molecule has 0 atom stereocenters. The second-order valence-electron chi connectivity index (χ2n) is 5.60. The van der Waals surface area contributed by atoms with Gasteiger partial charge in [-0.15, -0.1) is 11.8 Å². The van der Waals surface area contributed by atoms with Gasteiger partial charge in [-0.2, -0.15) is 10.5 Å². The molecule has 1 N–H and O–H groups in total. The average molecular weight is 331 g/mol. The van der Waals surface area contributed by atoms with E-state index in [9.17, 15) is 10.5 Å². The number of allylic oxidation sites excluding steroid dienone is 1. The van der Waals surface area contributed by atoms with Crippen molar-refractivity contribution in [3.8, 4) is 12.1 Å². The van der Waals surface area contributed by atoms with Gasteiger partial charge in [-0.1, -0.05) is 30.3 Å². The highest BCUT2D eigenvalue weighted by Crippen LogP contribution is 2.36. The normalized spacial score (nSPS) is 16.2.